The van der Waals surface area contributed by atoms with Crippen molar-refractivity contribution >= 4 is 33.1 Å². The van der Waals surface area contributed by atoms with Crippen molar-refractivity contribution in [1.82, 2.24) is 0 Å². The lowest BCUT2D eigenvalue weighted by molar-refractivity contribution is 0.0702. The Labute approximate surface area is 127 Å². The predicted octanol–water partition coefficient (Wildman–Crippen LogP) is 4.33. The highest BCUT2D eigenvalue weighted by Gasteiger charge is 2.09. The molecular formula is C17H15NO2S. The number of carboxylic acid groups (broad SMARTS) is 1. The molecule has 0 radical (unpaired) electrons. The molecule has 0 aliphatic rings. The van der Waals surface area contributed by atoms with Crippen LogP contribution in [0.15, 0.2) is 48.5 Å². The third-order valence-corrected chi connectivity index (χ3v) is 4.55. The molecule has 0 fully saturated rings. The minimum atomic E-state index is -0.868. The Morgan fingerprint density at radius 2 is 1.67 bits per heavy atom. The molecule has 0 amide bonds. The molecule has 3 aromatic rings. The highest BCUT2D eigenvalue weighted by molar-refractivity contribution is 7.20. The normalized spacial score (nSPS) is 10.8. The molecule has 0 saturated heterocycles. The molecule has 0 aliphatic carbocycles. The van der Waals surface area contributed by atoms with E-state index in [1.165, 1.54) is 11.3 Å². The van der Waals surface area contributed by atoms with Crippen LogP contribution >= 0.6 is 11.3 Å². The topological polar surface area (TPSA) is 40.5 Å². The molecule has 1 heterocycles. The van der Waals surface area contributed by atoms with E-state index in [0.29, 0.717) is 4.88 Å². The smallest absolute Gasteiger partial charge is 0.345 e. The second-order valence-electron chi connectivity index (χ2n) is 5.11. The Morgan fingerprint density at radius 1 is 1.00 bits per heavy atom. The Hall–Kier alpha value is -2.33. The summed E-state index contributed by atoms with van der Waals surface area (Å²) in [6.45, 7) is 0. The number of fused-ring (bicyclic) bond motifs is 1. The van der Waals surface area contributed by atoms with Gasteiger partial charge in [-0.1, -0.05) is 18.2 Å². The van der Waals surface area contributed by atoms with Crippen LogP contribution in [0.3, 0.4) is 0 Å². The van der Waals surface area contributed by atoms with Crippen molar-refractivity contribution in [3.8, 4) is 11.1 Å². The molecule has 1 N–H and O–H groups in total. The summed E-state index contributed by atoms with van der Waals surface area (Å²) in [5.74, 6) is -0.868. The number of aromatic carboxylic acids is 1. The van der Waals surface area contributed by atoms with Crippen molar-refractivity contribution in [2.75, 3.05) is 19.0 Å². The van der Waals surface area contributed by atoms with E-state index in [2.05, 4.69) is 29.2 Å². The minimum absolute atomic E-state index is 0.380. The van der Waals surface area contributed by atoms with E-state index < -0.39 is 5.97 Å². The molecule has 1 aromatic heterocycles. The van der Waals surface area contributed by atoms with Crippen LogP contribution in [0.4, 0.5) is 5.69 Å². The molecule has 0 unspecified atom stereocenters. The quantitative estimate of drug-likeness (QED) is 0.782. The number of thiophene rings is 1. The fraction of sp³-hybridized carbons (Fsp3) is 0.118. The van der Waals surface area contributed by atoms with Gasteiger partial charge in [-0.25, -0.2) is 4.79 Å². The van der Waals surface area contributed by atoms with Gasteiger partial charge < -0.3 is 10.0 Å². The van der Waals surface area contributed by atoms with Crippen molar-refractivity contribution in [3.63, 3.8) is 0 Å². The molecule has 0 atom stereocenters. The SMILES string of the molecule is CN(C)c1ccc(-c2ccc3sc(C(=O)O)cc3c2)cc1. The van der Waals surface area contributed by atoms with Crippen LogP contribution < -0.4 is 4.90 Å². The maximum Gasteiger partial charge on any atom is 0.345 e. The maximum absolute atomic E-state index is 11.0. The number of carboxylic acids is 1. The summed E-state index contributed by atoms with van der Waals surface area (Å²) in [5.41, 5.74) is 3.39. The molecule has 21 heavy (non-hydrogen) atoms. The largest absolute Gasteiger partial charge is 0.477 e. The maximum atomic E-state index is 11.0. The zero-order chi connectivity index (χ0) is 15.0. The number of nitrogens with zero attached hydrogens (tertiary/aromatic N) is 1. The third kappa shape index (κ3) is 2.62. The molecule has 106 valence electrons. The van der Waals surface area contributed by atoms with Crippen molar-refractivity contribution in [2.24, 2.45) is 0 Å². The molecule has 0 bridgehead atoms. The predicted molar refractivity (Wildman–Crippen MR) is 88.5 cm³/mol. The van der Waals surface area contributed by atoms with Gasteiger partial charge in [0, 0.05) is 24.5 Å². The monoisotopic (exact) mass is 297 g/mol. The highest BCUT2D eigenvalue weighted by Crippen LogP contribution is 2.31. The first-order chi connectivity index (χ1) is 10.0. The van der Waals surface area contributed by atoms with Crippen LogP contribution in [0.5, 0.6) is 0 Å². The molecule has 3 nitrogen and oxygen atoms in total. The van der Waals surface area contributed by atoms with Gasteiger partial charge >= 0.3 is 5.97 Å². The van der Waals surface area contributed by atoms with Gasteiger partial charge in [0.2, 0.25) is 0 Å². The molecule has 3 rings (SSSR count). The van der Waals surface area contributed by atoms with Crippen molar-refractivity contribution in [1.29, 1.82) is 0 Å². The second-order valence-corrected chi connectivity index (χ2v) is 6.19. The lowest BCUT2D eigenvalue weighted by Gasteiger charge is -2.12. The number of hydrogen-bond acceptors (Lipinski definition) is 3. The van der Waals surface area contributed by atoms with Gasteiger partial charge in [0.15, 0.2) is 0 Å². The first-order valence-electron chi connectivity index (χ1n) is 6.59. The van der Waals surface area contributed by atoms with Crippen molar-refractivity contribution < 1.29 is 9.90 Å². The molecule has 2 aromatic carbocycles. The van der Waals surface area contributed by atoms with Crippen LogP contribution in [-0.2, 0) is 0 Å². The van der Waals surface area contributed by atoms with Gasteiger partial charge in [0.05, 0.1) is 0 Å². The Kier molecular flexibility index (Phi) is 3.39. The van der Waals surface area contributed by atoms with Gasteiger partial charge in [-0.05, 0) is 46.8 Å². The van der Waals surface area contributed by atoms with Gasteiger partial charge in [-0.3, -0.25) is 0 Å². The van der Waals surface area contributed by atoms with E-state index in [1.807, 2.05) is 32.3 Å². The number of hydrogen-bond donors (Lipinski definition) is 1. The van der Waals surface area contributed by atoms with Gasteiger partial charge in [-0.15, -0.1) is 11.3 Å². The average molecular weight is 297 g/mol. The summed E-state index contributed by atoms with van der Waals surface area (Å²) < 4.78 is 1.00. The zero-order valence-corrected chi connectivity index (χ0v) is 12.6. The lowest BCUT2D eigenvalue weighted by atomic mass is 10.0. The van der Waals surface area contributed by atoms with Gasteiger partial charge in [-0.2, -0.15) is 0 Å². The summed E-state index contributed by atoms with van der Waals surface area (Å²) in [6.07, 6.45) is 0. The van der Waals surface area contributed by atoms with E-state index in [4.69, 9.17) is 5.11 Å². The minimum Gasteiger partial charge on any atom is -0.477 e. The van der Waals surface area contributed by atoms with E-state index in [-0.39, 0.29) is 0 Å². The summed E-state index contributed by atoms with van der Waals surface area (Å²) in [4.78, 5) is 13.5. The van der Waals surface area contributed by atoms with E-state index in [0.717, 1.165) is 26.9 Å². The van der Waals surface area contributed by atoms with E-state index in [1.54, 1.807) is 6.07 Å². The Balaban J connectivity index is 2.02. The van der Waals surface area contributed by atoms with Crippen LogP contribution in [0, 0.1) is 0 Å². The Morgan fingerprint density at radius 3 is 2.29 bits per heavy atom. The molecular weight excluding hydrogens is 282 g/mol. The van der Waals surface area contributed by atoms with Crippen molar-refractivity contribution in [2.45, 2.75) is 0 Å². The summed E-state index contributed by atoms with van der Waals surface area (Å²) in [5, 5.41) is 10.0. The van der Waals surface area contributed by atoms with E-state index in [9.17, 15) is 4.79 Å². The summed E-state index contributed by atoms with van der Waals surface area (Å²) in [7, 11) is 4.03. The van der Waals surface area contributed by atoms with Crippen LogP contribution in [0.25, 0.3) is 21.2 Å². The van der Waals surface area contributed by atoms with Crippen LogP contribution in [0.2, 0.25) is 0 Å². The molecule has 0 spiro atoms. The fourth-order valence-corrected chi connectivity index (χ4v) is 3.16. The highest BCUT2D eigenvalue weighted by atomic mass is 32.1. The van der Waals surface area contributed by atoms with Crippen LogP contribution in [-0.4, -0.2) is 25.2 Å². The van der Waals surface area contributed by atoms with Gasteiger partial charge in [0.1, 0.15) is 4.88 Å². The third-order valence-electron chi connectivity index (χ3n) is 3.44. The zero-order valence-electron chi connectivity index (χ0n) is 11.8. The van der Waals surface area contributed by atoms with Crippen LogP contribution in [0.1, 0.15) is 9.67 Å². The number of carbonyl (C=O) groups is 1. The summed E-state index contributed by atoms with van der Waals surface area (Å²) >= 11 is 1.31. The molecule has 0 aliphatic heterocycles. The fourth-order valence-electron chi connectivity index (χ4n) is 2.28. The first kappa shape index (κ1) is 13.6. The lowest BCUT2D eigenvalue weighted by Crippen LogP contribution is -2.07. The number of anilines is 1. The molecule has 4 heteroatoms. The standard InChI is InChI=1S/C17H15NO2S/c1-18(2)14-6-3-11(4-7-14)12-5-8-15-13(9-12)10-16(21-15)17(19)20/h3-10H,1-2H3,(H,19,20). The summed E-state index contributed by atoms with van der Waals surface area (Å²) in [6, 6.07) is 16.1. The van der Waals surface area contributed by atoms with Gasteiger partial charge in [0.25, 0.3) is 0 Å². The van der Waals surface area contributed by atoms with Crippen molar-refractivity contribution in [3.05, 3.63) is 53.4 Å². The Bertz CT molecular complexity index is 803. The average Bonchev–Trinajstić information content (AvgIpc) is 2.90. The molecule has 0 saturated carbocycles. The number of rotatable bonds is 3. The first-order valence-corrected chi connectivity index (χ1v) is 7.41. The van der Waals surface area contributed by atoms with E-state index >= 15 is 0 Å². The number of benzene rings is 2. The second kappa shape index (κ2) is 5.22.